The topological polar surface area (TPSA) is 71.8 Å². The normalized spacial score (nSPS) is 11.1. The average molecular weight is 525 g/mol. The van der Waals surface area contributed by atoms with Gasteiger partial charge in [-0.25, -0.2) is 4.98 Å². The highest BCUT2D eigenvalue weighted by Crippen LogP contribution is 2.44. The van der Waals surface area contributed by atoms with Crippen LogP contribution in [0.4, 0.5) is 5.69 Å². The maximum atomic E-state index is 11.2. The Hall–Kier alpha value is -0.840. The predicted molar refractivity (Wildman–Crippen MR) is 106 cm³/mol. The van der Waals surface area contributed by atoms with Crippen LogP contribution in [0.2, 0.25) is 5.02 Å². The van der Waals surface area contributed by atoms with Crippen LogP contribution in [0.3, 0.4) is 0 Å². The molecule has 0 atom stereocenters. The zero-order valence-corrected chi connectivity index (χ0v) is 16.9. The molecule has 2 aromatic heterocycles. The maximum absolute atomic E-state index is 11.2. The van der Waals surface area contributed by atoms with Gasteiger partial charge in [0.05, 0.1) is 19.4 Å². The van der Waals surface area contributed by atoms with E-state index in [1.807, 2.05) is 6.07 Å². The number of halogens is 3. The van der Waals surface area contributed by atoms with Crippen LogP contribution in [0.5, 0.6) is 0 Å². The van der Waals surface area contributed by atoms with Crippen molar-refractivity contribution in [1.29, 1.82) is 0 Å². The minimum atomic E-state index is -0.375. The third-order valence-corrected chi connectivity index (χ3v) is 6.46. The molecule has 1 N–H and O–H groups in total. The van der Waals surface area contributed by atoms with Crippen molar-refractivity contribution >= 4 is 74.4 Å². The van der Waals surface area contributed by atoms with Gasteiger partial charge >= 0.3 is 0 Å². The van der Waals surface area contributed by atoms with E-state index in [4.69, 9.17) is 11.6 Å². The van der Waals surface area contributed by atoms with Gasteiger partial charge in [0.15, 0.2) is 0 Å². The molecule has 0 aliphatic heterocycles. The lowest BCUT2D eigenvalue weighted by atomic mass is 10.0. The SMILES string of the molecule is Cc1ccc(-c2c(SI)[nH]c3ncc(Br)c(Cl)c23)cc1[N+](=O)[O-]. The van der Waals surface area contributed by atoms with E-state index < -0.39 is 0 Å². The maximum Gasteiger partial charge on any atom is 0.272 e. The number of hydrogen-bond donors (Lipinski definition) is 1. The number of fused-ring (bicyclic) bond motifs is 1. The molecule has 23 heavy (non-hydrogen) atoms. The molecule has 0 aliphatic rings. The van der Waals surface area contributed by atoms with Crippen molar-refractivity contribution < 1.29 is 4.92 Å². The monoisotopic (exact) mass is 523 g/mol. The molecular weight excluding hydrogens is 517 g/mol. The van der Waals surface area contributed by atoms with Crippen molar-refractivity contribution in [2.45, 2.75) is 11.9 Å². The summed E-state index contributed by atoms with van der Waals surface area (Å²) in [5.74, 6) is 0. The van der Waals surface area contributed by atoms with Crippen LogP contribution >= 0.6 is 57.7 Å². The Morgan fingerprint density at radius 3 is 2.87 bits per heavy atom. The minimum Gasteiger partial charge on any atom is -0.333 e. The van der Waals surface area contributed by atoms with E-state index in [0.717, 1.165) is 21.5 Å². The Labute approximate surface area is 161 Å². The van der Waals surface area contributed by atoms with Gasteiger partial charge in [-0.15, -0.1) is 0 Å². The van der Waals surface area contributed by atoms with Crippen LogP contribution in [0.15, 0.2) is 33.9 Å². The van der Waals surface area contributed by atoms with Crippen LogP contribution < -0.4 is 0 Å². The molecule has 118 valence electrons. The fraction of sp³-hybridized carbons (Fsp3) is 0.0714. The fourth-order valence-electron chi connectivity index (χ4n) is 2.37. The van der Waals surface area contributed by atoms with Gasteiger partial charge in [0.1, 0.15) is 5.65 Å². The smallest absolute Gasteiger partial charge is 0.272 e. The quantitative estimate of drug-likeness (QED) is 0.248. The zero-order chi connectivity index (χ0) is 16.7. The third kappa shape index (κ3) is 2.97. The highest BCUT2D eigenvalue weighted by Gasteiger charge is 2.21. The number of H-pyrrole nitrogens is 1. The Bertz CT molecular complexity index is 947. The second kappa shape index (κ2) is 6.58. The van der Waals surface area contributed by atoms with Crippen molar-refractivity contribution in [3.63, 3.8) is 0 Å². The molecule has 0 amide bonds. The molecule has 0 bridgehead atoms. The average Bonchev–Trinajstić information content (AvgIpc) is 2.90. The van der Waals surface area contributed by atoms with Gasteiger partial charge in [-0.05, 0) is 37.4 Å². The van der Waals surface area contributed by atoms with Crippen LogP contribution in [-0.4, -0.2) is 14.9 Å². The highest BCUT2D eigenvalue weighted by atomic mass is 127. The molecule has 3 aromatic rings. The Morgan fingerprint density at radius 2 is 2.22 bits per heavy atom. The number of pyridine rings is 1. The summed E-state index contributed by atoms with van der Waals surface area (Å²) in [4.78, 5) is 18.4. The molecule has 0 unspecified atom stereocenters. The van der Waals surface area contributed by atoms with E-state index in [2.05, 4.69) is 47.1 Å². The Balaban J connectivity index is 2.37. The number of nitro benzene ring substituents is 1. The van der Waals surface area contributed by atoms with Gasteiger partial charge in [-0.2, -0.15) is 0 Å². The van der Waals surface area contributed by atoms with Crippen molar-refractivity contribution in [3.8, 4) is 11.1 Å². The molecule has 9 heteroatoms. The predicted octanol–water partition coefficient (Wildman–Crippen LogP) is 6.30. The van der Waals surface area contributed by atoms with Crippen LogP contribution in [0.25, 0.3) is 22.2 Å². The first-order valence-electron chi connectivity index (χ1n) is 6.33. The van der Waals surface area contributed by atoms with E-state index in [1.54, 1.807) is 25.3 Å². The molecule has 2 heterocycles. The Morgan fingerprint density at radius 1 is 1.48 bits per heavy atom. The lowest BCUT2D eigenvalue weighted by Crippen LogP contribution is -1.92. The minimum absolute atomic E-state index is 0.0836. The van der Waals surface area contributed by atoms with Gasteiger partial charge in [0, 0.05) is 50.0 Å². The molecule has 0 saturated heterocycles. The number of nitrogens with one attached hydrogen (secondary N) is 1. The van der Waals surface area contributed by atoms with Gasteiger partial charge in [0.25, 0.3) is 5.69 Å². The molecule has 0 aliphatic carbocycles. The second-order valence-corrected chi connectivity index (χ2v) is 7.92. The number of aryl methyl sites for hydroxylation is 1. The Kier molecular flexibility index (Phi) is 4.86. The van der Waals surface area contributed by atoms with Gasteiger partial charge in [-0.3, -0.25) is 10.1 Å². The number of nitro groups is 1. The number of aromatic amines is 1. The first-order chi connectivity index (χ1) is 10.9. The number of benzene rings is 1. The fourth-order valence-corrected chi connectivity index (χ4v) is 4.32. The molecule has 0 saturated carbocycles. The molecule has 0 radical (unpaired) electrons. The number of aromatic nitrogens is 2. The summed E-state index contributed by atoms with van der Waals surface area (Å²) in [5, 5.41) is 13.4. The molecule has 0 fully saturated rings. The third-order valence-electron chi connectivity index (χ3n) is 3.45. The highest BCUT2D eigenvalue weighted by molar-refractivity contribution is 14.2. The number of rotatable bonds is 3. The summed E-state index contributed by atoms with van der Waals surface area (Å²) in [7, 11) is 1.48. The lowest BCUT2D eigenvalue weighted by molar-refractivity contribution is -0.385. The molecular formula is C14H8BrClIN3O2S. The summed E-state index contributed by atoms with van der Waals surface area (Å²) >= 11 is 12.0. The largest absolute Gasteiger partial charge is 0.333 e. The van der Waals surface area contributed by atoms with Crippen molar-refractivity contribution in [2.24, 2.45) is 0 Å². The molecule has 3 rings (SSSR count). The van der Waals surface area contributed by atoms with Crippen LogP contribution in [-0.2, 0) is 0 Å². The van der Waals surface area contributed by atoms with Gasteiger partial charge in [0.2, 0.25) is 0 Å². The van der Waals surface area contributed by atoms with Crippen molar-refractivity contribution in [1.82, 2.24) is 9.97 Å². The number of nitrogens with zero attached hydrogens (tertiary/aromatic N) is 2. The van der Waals surface area contributed by atoms with Crippen LogP contribution in [0.1, 0.15) is 5.56 Å². The van der Waals surface area contributed by atoms with Crippen LogP contribution in [0, 0.1) is 17.0 Å². The second-order valence-electron chi connectivity index (χ2n) is 4.81. The van der Waals surface area contributed by atoms with E-state index in [0.29, 0.717) is 20.7 Å². The summed E-state index contributed by atoms with van der Waals surface area (Å²) in [5.41, 5.74) is 2.90. The van der Waals surface area contributed by atoms with Crippen molar-refractivity contribution in [2.75, 3.05) is 0 Å². The van der Waals surface area contributed by atoms with E-state index in [-0.39, 0.29) is 10.6 Å². The summed E-state index contributed by atoms with van der Waals surface area (Å²) < 4.78 is 0.679. The first-order valence-corrected chi connectivity index (χ1v) is 10.9. The lowest BCUT2D eigenvalue weighted by Gasteiger charge is -2.06. The summed E-state index contributed by atoms with van der Waals surface area (Å²) in [6.45, 7) is 1.72. The molecule has 5 nitrogen and oxygen atoms in total. The number of hydrogen-bond acceptors (Lipinski definition) is 4. The van der Waals surface area contributed by atoms with Crippen molar-refractivity contribution in [3.05, 3.63) is 49.6 Å². The first kappa shape index (κ1) is 17.0. The van der Waals surface area contributed by atoms with E-state index >= 15 is 0 Å². The molecule has 1 aromatic carbocycles. The van der Waals surface area contributed by atoms with E-state index in [9.17, 15) is 10.1 Å². The summed E-state index contributed by atoms with van der Waals surface area (Å²) in [6.07, 6.45) is 1.63. The van der Waals surface area contributed by atoms with Gasteiger partial charge < -0.3 is 4.98 Å². The standard InChI is InChI=1S/C14H8BrClIN3O2S/c1-6-2-3-7(4-9(6)20(21)22)10-11-12(16)8(15)5-18-13(11)19-14(10)23-17/h2-5H,1H3,(H,18,19). The van der Waals surface area contributed by atoms with E-state index in [1.165, 1.54) is 8.93 Å². The summed E-state index contributed by atoms with van der Waals surface area (Å²) in [6, 6.07) is 5.18. The van der Waals surface area contributed by atoms with Gasteiger partial charge in [-0.1, -0.05) is 23.7 Å². The zero-order valence-electron chi connectivity index (χ0n) is 11.6. The molecule has 0 spiro atoms.